The third kappa shape index (κ3) is 11.1. The molecule has 3 nitrogen and oxygen atoms in total. The average molecular weight is 443 g/mol. The summed E-state index contributed by atoms with van der Waals surface area (Å²) in [4.78, 5) is 9.08. The molecule has 1 heterocycles. The highest BCUT2D eigenvalue weighted by atomic mass is 19.1. The van der Waals surface area contributed by atoms with Crippen LogP contribution in [0, 0.1) is 0 Å². The van der Waals surface area contributed by atoms with Crippen molar-refractivity contribution < 1.29 is 9.13 Å². The lowest BCUT2D eigenvalue weighted by Gasteiger charge is -2.10. The molecule has 0 amide bonds. The van der Waals surface area contributed by atoms with Crippen molar-refractivity contribution in [2.75, 3.05) is 6.61 Å². The minimum absolute atomic E-state index is 0.416. The van der Waals surface area contributed by atoms with Crippen LogP contribution in [-0.2, 0) is 6.42 Å². The molecule has 1 aromatic heterocycles. The van der Waals surface area contributed by atoms with Gasteiger partial charge in [0.1, 0.15) is 11.9 Å². The first-order valence-corrected chi connectivity index (χ1v) is 12.9. The second kappa shape index (κ2) is 16.6. The molecule has 0 N–H and O–H groups in total. The number of benzene rings is 1. The lowest BCUT2D eigenvalue weighted by molar-refractivity contribution is 0.222. The first-order chi connectivity index (χ1) is 15.7. The maximum atomic E-state index is 14.0. The minimum Gasteiger partial charge on any atom is -0.493 e. The maximum absolute atomic E-state index is 14.0. The number of unbranched alkanes of at least 4 members (excludes halogenated alkanes) is 9. The van der Waals surface area contributed by atoms with Gasteiger partial charge in [0.05, 0.1) is 6.61 Å². The number of hydrogen-bond acceptors (Lipinski definition) is 3. The summed E-state index contributed by atoms with van der Waals surface area (Å²) in [6, 6.07) is 7.78. The van der Waals surface area contributed by atoms with E-state index in [1.54, 1.807) is 0 Å². The van der Waals surface area contributed by atoms with Gasteiger partial charge in [-0.25, -0.2) is 14.4 Å². The van der Waals surface area contributed by atoms with E-state index in [0.29, 0.717) is 19.4 Å². The zero-order valence-electron chi connectivity index (χ0n) is 20.3. The third-order valence-electron chi connectivity index (χ3n) is 5.96. The molecular formula is C28H43FN2O. The van der Waals surface area contributed by atoms with Crippen LogP contribution < -0.4 is 4.74 Å². The number of nitrogens with zero attached hydrogens (tertiary/aromatic N) is 2. The van der Waals surface area contributed by atoms with E-state index in [-0.39, 0.29) is 0 Å². The number of aryl methyl sites for hydroxylation is 1. The van der Waals surface area contributed by atoms with Gasteiger partial charge in [0.15, 0.2) is 5.82 Å². The van der Waals surface area contributed by atoms with Crippen LogP contribution in [0.3, 0.4) is 0 Å². The lowest BCUT2D eigenvalue weighted by atomic mass is 10.1. The monoisotopic (exact) mass is 442 g/mol. The molecule has 1 atom stereocenters. The Morgan fingerprint density at radius 1 is 0.750 bits per heavy atom. The van der Waals surface area contributed by atoms with Crippen molar-refractivity contribution in [2.45, 2.75) is 110 Å². The van der Waals surface area contributed by atoms with Crippen LogP contribution in [-0.4, -0.2) is 22.7 Å². The maximum Gasteiger partial charge on any atom is 0.159 e. The Morgan fingerprint density at radius 2 is 1.34 bits per heavy atom. The van der Waals surface area contributed by atoms with Gasteiger partial charge in [-0.2, -0.15) is 0 Å². The molecule has 4 heteroatoms. The summed E-state index contributed by atoms with van der Waals surface area (Å²) in [5.74, 6) is 1.50. The van der Waals surface area contributed by atoms with Crippen LogP contribution in [0.1, 0.15) is 103 Å². The number of halogens is 1. The summed E-state index contributed by atoms with van der Waals surface area (Å²) < 4.78 is 19.7. The fourth-order valence-corrected chi connectivity index (χ4v) is 3.86. The van der Waals surface area contributed by atoms with Crippen LogP contribution in [0.5, 0.6) is 5.75 Å². The predicted molar refractivity (Wildman–Crippen MR) is 133 cm³/mol. The highest BCUT2D eigenvalue weighted by Crippen LogP contribution is 2.20. The largest absolute Gasteiger partial charge is 0.493 e. The van der Waals surface area contributed by atoms with Gasteiger partial charge < -0.3 is 4.74 Å². The van der Waals surface area contributed by atoms with Crippen molar-refractivity contribution in [3.8, 4) is 17.1 Å². The van der Waals surface area contributed by atoms with Crippen molar-refractivity contribution in [2.24, 2.45) is 0 Å². The van der Waals surface area contributed by atoms with E-state index in [1.165, 1.54) is 63.4 Å². The van der Waals surface area contributed by atoms with Gasteiger partial charge in [0.2, 0.25) is 0 Å². The number of alkyl halides is 1. The molecule has 0 radical (unpaired) electrons. The molecule has 2 rings (SSSR count). The third-order valence-corrected chi connectivity index (χ3v) is 5.96. The molecule has 0 saturated carbocycles. The summed E-state index contributed by atoms with van der Waals surface area (Å²) in [5.41, 5.74) is 2.18. The van der Waals surface area contributed by atoms with Crippen molar-refractivity contribution in [1.29, 1.82) is 0 Å². The van der Waals surface area contributed by atoms with E-state index in [1.807, 2.05) is 36.7 Å². The molecule has 178 valence electrons. The fraction of sp³-hybridized carbons (Fsp3) is 0.643. The minimum atomic E-state index is -0.765. The number of hydrogen-bond donors (Lipinski definition) is 0. The van der Waals surface area contributed by atoms with Crippen molar-refractivity contribution in [3.63, 3.8) is 0 Å². The highest BCUT2D eigenvalue weighted by Gasteiger charge is 2.07. The second-order valence-corrected chi connectivity index (χ2v) is 8.89. The van der Waals surface area contributed by atoms with Crippen molar-refractivity contribution in [1.82, 2.24) is 9.97 Å². The first-order valence-electron chi connectivity index (χ1n) is 12.9. The molecule has 1 aromatic carbocycles. The summed E-state index contributed by atoms with van der Waals surface area (Å²) in [6.07, 6.45) is 18.9. The number of rotatable bonds is 18. The van der Waals surface area contributed by atoms with Crippen LogP contribution >= 0.6 is 0 Å². The van der Waals surface area contributed by atoms with Crippen LogP contribution in [0.25, 0.3) is 11.4 Å². The van der Waals surface area contributed by atoms with E-state index < -0.39 is 6.17 Å². The van der Waals surface area contributed by atoms with Crippen LogP contribution in [0.15, 0.2) is 36.7 Å². The topological polar surface area (TPSA) is 35.0 Å². The van der Waals surface area contributed by atoms with Crippen LogP contribution in [0.2, 0.25) is 0 Å². The lowest BCUT2D eigenvalue weighted by Crippen LogP contribution is -2.07. The Labute approximate surface area is 195 Å². The first kappa shape index (κ1) is 26.3. The number of ether oxygens (including phenoxy) is 1. The normalized spacial score (nSPS) is 12.1. The Bertz CT molecular complexity index is 702. The Hall–Kier alpha value is -1.97. The van der Waals surface area contributed by atoms with Gasteiger partial charge in [0.25, 0.3) is 0 Å². The van der Waals surface area contributed by atoms with Crippen molar-refractivity contribution in [3.05, 3.63) is 42.2 Å². The molecule has 0 bridgehead atoms. The van der Waals surface area contributed by atoms with E-state index in [9.17, 15) is 4.39 Å². The van der Waals surface area contributed by atoms with E-state index >= 15 is 0 Å². The average Bonchev–Trinajstić information content (AvgIpc) is 2.82. The molecule has 0 aliphatic heterocycles. The summed E-state index contributed by atoms with van der Waals surface area (Å²) >= 11 is 0. The predicted octanol–water partition coefficient (Wildman–Crippen LogP) is 8.51. The van der Waals surface area contributed by atoms with Gasteiger partial charge >= 0.3 is 0 Å². The summed E-state index contributed by atoms with van der Waals surface area (Å²) in [5, 5.41) is 0. The Balaban J connectivity index is 1.66. The van der Waals surface area contributed by atoms with Crippen LogP contribution in [0.4, 0.5) is 4.39 Å². The second-order valence-electron chi connectivity index (χ2n) is 8.89. The summed E-state index contributed by atoms with van der Waals surface area (Å²) in [7, 11) is 0. The fourth-order valence-electron chi connectivity index (χ4n) is 3.86. The molecular weight excluding hydrogens is 399 g/mol. The summed E-state index contributed by atoms with van der Waals surface area (Å²) in [6.45, 7) is 4.86. The molecule has 0 aliphatic carbocycles. The molecule has 0 saturated heterocycles. The van der Waals surface area contributed by atoms with Gasteiger partial charge in [-0.3, -0.25) is 0 Å². The molecule has 0 spiro atoms. The number of aromatic nitrogens is 2. The van der Waals surface area contributed by atoms with Gasteiger partial charge in [0, 0.05) is 24.4 Å². The molecule has 1 unspecified atom stereocenters. The Kier molecular flexibility index (Phi) is 13.7. The van der Waals surface area contributed by atoms with Gasteiger partial charge in [-0.1, -0.05) is 78.1 Å². The van der Waals surface area contributed by atoms with E-state index in [0.717, 1.165) is 36.4 Å². The molecule has 2 aromatic rings. The smallest absolute Gasteiger partial charge is 0.159 e. The van der Waals surface area contributed by atoms with E-state index in [4.69, 9.17) is 4.74 Å². The zero-order valence-corrected chi connectivity index (χ0v) is 20.3. The van der Waals surface area contributed by atoms with Gasteiger partial charge in [-0.15, -0.1) is 0 Å². The van der Waals surface area contributed by atoms with Gasteiger partial charge in [-0.05, 0) is 49.1 Å². The SMILES string of the molecule is CCCCCCCCc1cnc(-c2ccc(OCCC(F)CCCCCCC)cc2)nc1. The van der Waals surface area contributed by atoms with E-state index in [2.05, 4.69) is 23.8 Å². The standard InChI is InChI=1S/C28H43FN2O/c1-3-5-7-9-11-12-14-24-22-30-28(31-23-24)25-16-18-27(19-17-25)32-21-20-26(29)15-13-10-8-6-4-2/h16-19,22-23,26H,3-15,20-21H2,1-2H3. The molecule has 0 aliphatic rings. The quantitative estimate of drug-likeness (QED) is 0.217. The molecule has 0 fully saturated rings. The zero-order chi connectivity index (χ0) is 22.9. The Morgan fingerprint density at radius 3 is 2.00 bits per heavy atom. The molecule has 32 heavy (non-hydrogen) atoms. The van der Waals surface area contributed by atoms with Crippen molar-refractivity contribution >= 4 is 0 Å². The highest BCUT2D eigenvalue weighted by molar-refractivity contribution is 5.55.